The van der Waals surface area contributed by atoms with E-state index >= 15 is 0 Å². The molecule has 2 aromatic heterocycles. The van der Waals surface area contributed by atoms with Crippen LogP contribution >= 0.6 is 22.9 Å². The summed E-state index contributed by atoms with van der Waals surface area (Å²) in [6, 6.07) is 17.8. The van der Waals surface area contributed by atoms with E-state index in [9.17, 15) is 29.1 Å². The van der Waals surface area contributed by atoms with Crippen molar-refractivity contribution < 1.29 is 33.8 Å². The molecule has 16 heteroatoms. The molecule has 4 atom stereocenters. The number of rotatable bonds is 12. The lowest BCUT2D eigenvalue weighted by atomic mass is 9.85. The Labute approximate surface area is 382 Å². The maximum atomic E-state index is 14.3. The van der Waals surface area contributed by atoms with Crippen molar-refractivity contribution >= 4 is 63.4 Å². The number of methoxy groups -OCH3 is 1. The van der Waals surface area contributed by atoms with Gasteiger partial charge in [0.05, 0.1) is 53.8 Å². The Balaban J connectivity index is 0.957. The molecule has 64 heavy (non-hydrogen) atoms. The number of piperazine rings is 1. The number of hydrogen-bond donors (Lipinski definition) is 3. The van der Waals surface area contributed by atoms with Crippen LogP contribution in [0.2, 0.25) is 5.02 Å². The van der Waals surface area contributed by atoms with Gasteiger partial charge in [0, 0.05) is 60.8 Å². The SMILES string of the molecule is COc1ccc2c(c1)c(CC(=O)N1CCN(CC(=O)N[C@H](C(=O)N3C[C@@H](O)C[C@H]3C(=O)N[C@@H](C)c3ccc(-c4scnc4C)cc3)C(C)(C)C)CC1)c(C)n2C(=O)c1ccc(Cl)cc1. The van der Waals surface area contributed by atoms with E-state index in [1.165, 1.54) is 4.90 Å². The fraction of sp³-hybridized carbons (Fsp3) is 0.417. The van der Waals surface area contributed by atoms with E-state index in [0.717, 1.165) is 32.6 Å². The zero-order valence-electron chi connectivity index (χ0n) is 37.3. The summed E-state index contributed by atoms with van der Waals surface area (Å²) >= 11 is 7.66. The summed E-state index contributed by atoms with van der Waals surface area (Å²) in [5, 5.41) is 18.0. The minimum Gasteiger partial charge on any atom is -0.497 e. The van der Waals surface area contributed by atoms with Crippen LogP contribution in [0.5, 0.6) is 5.75 Å². The van der Waals surface area contributed by atoms with Crippen molar-refractivity contribution in [1.29, 1.82) is 0 Å². The third kappa shape index (κ3) is 10.0. The molecule has 3 aromatic carbocycles. The van der Waals surface area contributed by atoms with Gasteiger partial charge in [0.1, 0.15) is 17.8 Å². The van der Waals surface area contributed by atoms with Gasteiger partial charge in [-0.25, -0.2) is 4.98 Å². The number of aliphatic hydroxyl groups excluding tert-OH is 1. The molecule has 4 heterocycles. The van der Waals surface area contributed by atoms with E-state index in [-0.39, 0.29) is 55.6 Å². The smallest absolute Gasteiger partial charge is 0.262 e. The number of aliphatic hydroxyl groups is 1. The molecular formula is C48H56ClN7O7S. The topological polar surface area (TPSA) is 166 Å². The van der Waals surface area contributed by atoms with Crippen LogP contribution in [0.15, 0.2) is 72.2 Å². The van der Waals surface area contributed by atoms with E-state index < -0.39 is 29.5 Å². The number of halogens is 1. The van der Waals surface area contributed by atoms with E-state index in [1.54, 1.807) is 58.2 Å². The molecule has 2 aliphatic rings. The molecule has 0 unspecified atom stereocenters. The van der Waals surface area contributed by atoms with E-state index in [1.807, 2.05) is 88.4 Å². The van der Waals surface area contributed by atoms with Gasteiger partial charge < -0.3 is 30.3 Å². The van der Waals surface area contributed by atoms with Gasteiger partial charge in [-0.05, 0) is 85.3 Å². The number of likely N-dealkylation sites (tertiary alicyclic amines) is 1. The molecule has 0 radical (unpaired) electrons. The molecule has 0 spiro atoms. The van der Waals surface area contributed by atoms with Crippen molar-refractivity contribution in [1.82, 2.24) is 34.9 Å². The average Bonchev–Trinajstić information content (AvgIpc) is 3.96. The number of benzene rings is 3. The lowest BCUT2D eigenvalue weighted by Gasteiger charge is -2.37. The van der Waals surface area contributed by atoms with Crippen LogP contribution in [0.4, 0.5) is 0 Å². The van der Waals surface area contributed by atoms with Crippen LogP contribution in [-0.2, 0) is 25.6 Å². The number of amides is 4. The highest BCUT2D eigenvalue weighted by Crippen LogP contribution is 2.33. The summed E-state index contributed by atoms with van der Waals surface area (Å²) in [4.78, 5) is 79.9. The number of aryl methyl sites for hydroxylation is 1. The molecule has 3 N–H and O–H groups in total. The van der Waals surface area contributed by atoms with Crippen LogP contribution < -0.4 is 15.4 Å². The van der Waals surface area contributed by atoms with Crippen LogP contribution in [0.1, 0.15) is 73.0 Å². The predicted octanol–water partition coefficient (Wildman–Crippen LogP) is 5.79. The first kappa shape index (κ1) is 46.4. The normalized spacial score (nSPS) is 17.9. The molecule has 0 aliphatic carbocycles. The Morgan fingerprint density at radius 2 is 1.64 bits per heavy atom. The Hall–Kier alpha value is -5.61. The quantitative estimate of drug-likeness (QED) is 0.141. The lowest BCUT2D eigenvalue weighted by Crippen LogP contribution is -2.59. The van der Waals surface area contributed by atoms with Crippen molar-refractivity contribution in [3.05, 3.63) is 105 Å². The van der Waals surface area contributed by atoms with Crippen LogP contribution in [0.25, 0.3) is 21.3 Å². The second-order valence-corrected chi connectivity index (χ2v) is 19.1. The molecule has 2 aliphatic heterocycles. The zero-order valence-corrected chi connectivity index (χ0v) is 38.9. The molecule has 0 saturated carbocycles. The third-order valence-electron chi connectivity index (χ3n) is 12.3. The van der Waals surface area contributed by atoms with E-state index in [0.29, 0.717) is 53.7 Å². The van der Waals surface area contributed by atoms with Gasteiger partial charge in [-0.15, -0.1) is 11.3 Å². The Morgan fingerprint density at radius 3 is 2.27 bits per heavy atom. The highest BCUT2D eigenvalue weighted by atomic mass is 35.5. The molecule has 2 saturated heterocycles. The number of aromatic nitrogens is 2. The number of nitrogens with one attached hydrogen (secondary N) is 2. The Bertz CT molecular complexity index is 2540. The van der Waals surface area contributed by atoms with Crippen molar-refractivity contribution in [3.63, 3.8) is 0 Å². The molecule has 0 bridgehead atoms. The van der Waals surface area contributed by atoms with Crippen molar-refractivity contribution in [2.24, 2.45) is 5.41 Å². The number of carbonyl (C=O) groups is 5. The van der Waals surface area contributed by atoms with E-state index in [4.69, 9.17) is 16.3 Å². The van der Waals surface area contributed by atoms with Gasteiger partial charge in [0.2, 0.25) is 23.6 Å². The van der Waals surface area contributed by atoms with Crippen molar-refractivity contribution in [2.45, 2.75) is 78.6 Å². The molecule has 14 nitrogen and oxygen atoms in total. The standard InChI is InChI=1S/C48H56ClN7O7S/c1-28(31-8-10-32(11-9-31)43-29(2)50-27-64-43)51-45(60)40-22-35(57)25-55(40)47(62)44(48(4,5)6)52-41(58)26-53-18-20-54(21-19-53)42(59)24-37-30(3)56(39-17-16-36(63-7)23-38(37)39)46(61)33-12-14-34(49)15-13-33/h8-17,23,27-28,35,40,44,57H,18-22,24-26H2,1-7H3,(H,51,60)(H,52,58)/t28-,35-,40-,44+/m0/s1. The predicted molar refractivity (Wildman–Crippen MR) is 247 cm³/mol. The third-order valence-corrected chi connectivity index (χ3v) is 13.5. The number of thiazole rings is 1. The summed E-state index contributed by atoms with van der Waals surface area (Å²) in [6.45, 7) is 12.8. The maximum Gasteiger partial charge on any atom is 0.262 e. The van der Waals surface area contributed by atoms with Crippen LogP contribution in [-0.4, -0.2) is 123 Å². The Kier molecular flexibility index (Phi) is 13.9. The summed E-state index contributed by atoms with van der Waals surface area (Å²) in [5.41, 5.74) is 6.50. The number of hydrogen-bond acceptors (Lipinski definition) is 10. The highest BCUT2D eigenvalue weighted by molar-refractivity contribution is 7.13. The molecular weight excluding hydrogens is 854 g/mol. The fourth-order valence-corrected chi connectivity index (χ4v) is 9.58. The van der Waals surface area contributed by atoms with Crippen LogP contribution in [0, 0.1) is 19.3 Å². The van der Waals surface area contributed by atoms with Gasteiger partial charge in [0.15, 0.2) is 0 Å². The summed E-state index contributed by atoms with van der Waals surface area (Å²) in [5.74, 6) is -0.908. The highest BCUT2D eigenvalue weighted by Gasteiger charge is 2.45. The van der Waals surface area contributed by atoms with Crippen molar-refractivity contribution in [3.8, 4) is 16.2 Å². The molecule has 7 rings (SSSR count). The second-order valence-electron chi connectivity index (χ2n) is 17.8. The van der Waals surface area contributed by atoms with Gasteiger partial charge in [0.25, 0.3) is 5.91 Å². The number of carbonyl (C=O) groups excluding carboxylic acids is 5. The first-order valence-electron chi connectivity index (χ1n) is 21.5. The zero-order chi connectivity index (χ0) is 46.0. The van der Waals surface area contributed by atoms with E-state index in [2.05, 4.69) is 15.6 Å². The van der Waals surface area contributed by atoms with Crippen LogP contribution in [0.3, 0.4) is 0 Å². The number of β-amino-alcohol motifs (C(OH)–C–C–N with tert-alkyl or cyclic N) is 1. The minimum absolute atomic E-state index is 0.00645. The molecule has 5 aromatic rings. The monoisotopic (exact) mass is 909 g/mol. The Morgan fingerprint density at radius 1 is 0.953 bits per heavy atom. The van der Waals surface area contributed by atoms with Gasteiger partial charge in [-0.1, -0.05) is 56.6 Å². The average molecular weight is 911 g/mol. The number of ether oxygens (including phenoxy) is 1. The molecule has 2 fully saturated rings. The minimum atomic E-state index is -0.973. The first-order valence-corrected chi connectivity index (χ1v) is 22.8. The van der Waals surface area contributed by atoms with Crippen molar-refractivity contribution in [2.75, 3.05) is 46.4 Å². The first-order chi connectivity index (χ1) is 30.4. The number of nitrogens with zero attached hydrogens (tertiary/aromatic N) is 5. The summed E-state index contributed by atoms with van der Waals surface area (Å²) in [7, 11) is 1.57. The van der Waals surface area contributed by atoms with Gasteiger partial charge >= 0.3 is 0 Å². The second kappa shape index (κ2) is 19.2. The van der Waals surface area contributed by atoms with Gasteiger partial charge in [-0.3, -0.25) is 33.4 Å². The largest absolute Gasteiger partial charge is 0.497 e. The molecule has 4 amide bonds. The fourth-order valence-electron chi connectivity index (χ4n) is 8.64. The number of fused-ring (bicyclic) bond motifs is 1. The molecule has 338 valence electrons. The summed E-state index contributed by atoms with van der Waals surface area (Å²) < 4.78 is 7.12. The lowest BCUT2D eigenvalue weighted by molar-refractivity contribution is -0.144. The maximum absolute atomic E-state index is 14.3. The van der Waals surface area contributed by atoms with Gasteiger partial charge in [-0.2, -0.15) is 0 Å². The summed E-state index contributed by atoms with van der Waals surface area (Å²) in [6.07, 6.45) is -0.746.